The fourth-order valence-corrected chi connectivity index (χ4v) is 6.54. The van der Waals surface area contributed by atoms with Gasteiger partial charge in [0.25, 0.3) is 5.91 Å². The van der Waals surface area contributed by atoms with Crippen LogP contribution in [0, 0.1) is 11.3 Å². The molecule has 10 heteroatoms. The van der Waals surface area contributed by atoms with E-state index in [9.17, 15) is 9.59 Å². The van der Waals surface area contributed by atoms with Gasteiger partial charge in [-0.05, 0) is 50.0 Å². The Morgan fingerprint density at radius 1 is 1.10 bits per heavy atom. The number of methoxy groups -OCH3 is 2. The summed E-state index contributed by atoms with van der Waals surface area (Å²) in [5.74, 6) is 0.276. The van der Waals surface area contributed by atoms with Crippen molar-refractivity contribution in [3.63, 3.8) is 0 Å². The third-order valence-corrected chi connectivity index (χ3v) is 8.78. The fourth-order valence-electron chi connectivity index (χ4n) is 6.54. The molecule has 2 aromatic heterocycles. The summed E-state index contributed by atoms with van der Waals surface area (Å²) < 4.78 is 13.8. The van der Waals surface area contributed by atoms with Gasteiger partial charge in [-0.2, -0.15) is 5.10 Å². The second kappa shape index (κ2) is 10.6. The Morgan fingerprint density at radius 2 is 1.90 bits per heavy atom. The largest absolute Gasteiger partial charge is 0.494 e. The summed E-state index contributed by atoms with van der Waals surface area (Å²) in [4.78, 5) is 28.7. The van der Waals surface area contributed by atoms with Crippen LogP contribution in [0.4, 0.5) is 17.2 Å². The first-order chi connectivity index (χ1) is 19.4. The second-order valence-corrected chi connectivity index (χ2v) is 11.4. The molecule has 0 bridgehead atoms. The Morgan fingerprint density at radius 3 is 2.60 bits per heavy atom. The van der Waals surface area contributed by atoms with Crippen LogP contribution in [0.2, 0.25) is 0 Å². The number of para-hydroxylation sites is 1. The van der Waals surface area contributed by atoms with Crippen molar-refractivity contribution in [2.75, 3.05) is 24.9 Å². The van der Waals surface area contributed by atoms with Gasteiger partial charge in [0.15, 0.2) is 0 Å². The van der Waals surface area contributed by atoms with Crippen LogP contribution in [0.5, 0.6) is 5.75 Å². The average molecular weight is 545 g/mol. The third-order valence-electron chi connectivity index (χ3n) is 8.78. The van der Waals surface area contributed by atoms with Crippen molar-refractivity contribution in [3.05, 3.63) is 48.4 Å². The van der Waals surface area contributed by atoms with E-state index in [0.29, 0.717) is 28.4 Å². The lowest BCUT2D eigenvalue weighted by Gasteiger charge is -2.22. The molecule has 3 saturated carbocycles. The average Bonchev–Trinajstić information content (AvgIpc) is 3.35. The molecule has 3 aliphatic rings. The molecule has 3 aliphatic carbocycles. The smallest absolute Gasteiger partial charge is 0.252 e. The molecule has 2 atom stereocenters. The zero-order valence-corrected chi connectivity index (χ0v) is 23.0. The molecule has 40 heavy (non-hydrogen) atoms. The molecule has 4 N–H and O–H groups in total. The number of hydrogen-bond donors (Lipinski definition) is 3. The maximum atomic E-state index is 12.3. The summed E-state index contributed by atoms with van der Waals surface area (Å²) in [5.41, 5.74) is 9.07. The fraction of sp³-hybridized carbons (Fsp3) is 0.467. The van der Waals surface area contributed by atoms with Crippen molar-refractivity contribution in [1.82, 2.24) is 14.8 Å². The van der Waals surface area contributed by atoms with Crippen LogP contribution in [0.25, 0.3) is 11.1 Å². The number of amides is 2. The molecule has 6 rings (SSSR count). The Bertz CT molecular complexity index is 1430. The first-order valence-electron chi connectivity index (χ1n) is 14.0. The first kappa shape index (κ1) is 26.3. The van der Waals surface area contributed by atoms with E-state index >= 15 is 0 Å². The van der Waals surface area contributed by atoms with Crippen LogP contribution < -0.4 is 21.1 Å². The van der Waals surface area contributed by atoms with E-state index in [1.807, 2.05) is 24.4 Å². The van der Waals surface area contributed by atoms with Gasteiger partial charge in [-0.1, -0.05) is 25.0 Å². The van der Waals surface area contributed by atoms with E-state index in [1.165, 1.54) is 31.9 Å². The highest BCUT2D eigenvalue weighted by atomic mass is 16.5. The minimum atomic E-state index is -0.629. The lowest BCUT2D eigenvalue weighted by molar-refractivity contribution is -0.117. The maximum absolute atomic E-state index is 12.3. The van der Waals surface area contributed by atoms with Gasteiger partial charge in [0.05, 0.1) is 42.4 Å². The molecule has 3 fully saturated rings. The van der Waals surface area contributed by atoms with Gasteiger partial charge in [-0.25, -0.2) is 4.98 Å². The molecule has 10 nitrogen and oxygen atoms in total. The van der Waals surface area contributed by atoms with E-state index in [0.717, 1.165) is 36.8 Å². The van der Waals surface area contributed by atoms with Crippen LogP contribution in [0.15, 0.2) is 42.9 Å². The molecule has 210 valence electrons. The first-order valence-corrected chi connectivity index (χ1v) is 14.0. The Labute approximate surface area is 233 Å². The molecule has 0 aliphatic heterocycles. The van der Waals surface area contributed by atoms with Gasteiger partial charge >= 0.3 is 0 Å². The lowest BCUT2D eigenvalue weighted by atomic mass is 9.84. The monoisotopic (exact) mass is 544 g/mol. The molecule has 0 saturated heterocycles. The molecule has 3 aromatic rings. The van der Waals surface area contributed by atoms with E-state index in [-0.39, 0.29) is 29.5 Å². The number of rotatable bonds is 9. The number of ether oxygens (including phenoxy) is 2. The number of aromatic nitrogens is 3. The van der Waals surface area contributed by atoms with Crippen molar-refractivity contribution in [1.29, 1.82) is 0 Å². The predicted octanol–water partition coefficient (Wildman–Crippen LogP) is 5.06. The molecular formula is C30H36N6O4. The lowest BCUT2D eigenvalue weighted by Crippen LogP contribution is -2.20. The number of anilines is 3. The van der Waals surface area contributed by atoms with Gasteiger partial charge in [0, 0.05) is 42.6 Å². The van der Waals surface area contributed by atoms with Gasteiger partial charge in [0.1, 0.15) is 11.6 Å². The molecule has 1 spiro atoms. The predicted molar refractivity (Wildman–Crippen MR) is 152 cm³/mol. The second-order valence-electron chi connectivity index (χ2n) is 11.4. The number of hydrogen-bond acceptors (Lipinski definition) is 7. The van der Waals surface area contributed by atoms with Gasteiger partial charge in [-0.15, -0.1) is 0 Å². The topological polar surface area (TPSA) is 133 Å². The van der Waals surface area contributed by atoms with Crippen LogP contribution >= 0.6 is 0 Å². The number of nitrogens with zero attached hydrogens (tertiary/aromatic N) is 3. The molecular weight excluding hydrogens is 508 g/mol. The van der Waals surface area contributed by atoms with Crippen LogP contribution in [0.1, 0.15) is 67.8 Å². The number of benzene rings is 1. The zero-order valence-electron chi connectivity index (χ0n) is 23.0. The minimum absolute atomic E-state index is 0.0267. The third kappa shape index (κ3) is 5.03. The summed E-state index contributed by atoms with van der Waals surface area (Å²) >= 11 is 0. The van der Waals surface area contributed by atoms with Crippen molar-refractivity contribution in [3.8, 4) is 16.9 Å². The van der Waals surface area contributed by atoms with Crippen LogP contribution in [0.3, 0.4) is 0 Å². The number of carbonyl (C=O) groups excluding carboxylic acids is 2. The van der Waals surface area contributed by atoms with Crippen molar-refractivity contribution in [2.24, 2.45) is 17.1 Å². The van der Waals surface area contributed by atoms with Crippen LogP contribution in [-0.2, 0) is 9.53 Å². The normalized spacial score (nSPS) is 21.4. The van der Waals surface area contributed by atoms with E-state index < -0.39 is 5.91 Å². The molecule has 2 amide bonds. The highest BCUT2D eigenvalue weighted by Crippen LogP contribution is 2.55. The SMILES string of the molecule is COc1c(Nc2cc(NC(=O)C3CC3)ncc2C(N)=O)cccc1-c1cnn([C@H]2CC3(CCCC3)C[C@@H]2OC)c1. The molecule has 1 aromatic carbocycles. The van der Waals surface area contributed by atoms with Crippen molar-refractivity contribution in [2.45, 2.75) is 63.5 Å². The van der Waals surface area contributed by atoms with E-state index in [2.05, 4.69) is 26.5 Å². The van der Waals surface area contributed by atoms with Gasteiger partial charge < -0.3 is 25.8 Å². The minimum Gasteiger partial charge on any atom is -0.494 e. The quantitative estimate of drug-likeness (QED) is 0.343. The Balaban J connectivity index is 1.28. The number of carbonyl (C=O) groups is 2. The number of primary amides is 1. The van der Waals surface area contributed by atoms with Crippen molar-refractivity contribution < 1.29 is 19.1 Å². The summed E-state index contributed by atoms with van der Waals surface area (Å²) in [6.45, 7) is 0. The highest BCUT2D eigenvalue weighted by molar-refractivity contribution is 6.01. The Kier molecular flexibility index (Phi) is 6.95. The zero-order chi connectivity index (χ0) is 27.9. The van der Waals surface area contributed by atoms with Crippen molar-refractivity contribution >= 4 is 29.0 Å². The van der Waals surface area contributed by atoms with Gasteiger partial charge in [-0.3, -0.25) is 14.3 Å². The Hall–Kier alpha value is -3.92. The standard InChI is InChI=1S/C30H36N6O4/c1-39-25-14-30(10-3-4-11-30)13-24(25)36-17-19(15-33-36)20-6-5-7-22(27(20)40-2)34-23-12-26(32-16-21(23)28(31)37)35-29(38)18-8-9-18/h5-7,12,15-18,24-25H,3-4,8-11,13-14H2,1-2H3,(H2,31,37)(H2,32,34,35,38)/t24-,25-/m0/s1. The number of nitrogens with two attached hydrogens (primary N) is 1. The summed E-state index contributed by atoms with van der Waals surface area (Å²) in [6, 6.07) is 7.58. The number of nitrogens with one attached hydrogen (secondary N) is 2. The maximum Gasteiger partial charge on any atom is 0.252 e. The summed E-state index contributed by atoms with van der Waals surface area (Å²) in [7, 11) is 3.41. The van der Waals surface area contributed by atoms with E-state index in [4.69, 9.17) is 20.3 Å². The van der Waals surface area contributed by atoms with Gasteiger partial charge in [0.2, 0.25) is 5.91 Å². The summed E-state index contributed by atoms with van der Waals surface area (Å²) in [6.07, 6.45) is 14.5. The number of pyridine rings is 1. The molecule has 0 unspecified atom stereocenters. The molecule has 0 radical (unpaired) electrons. The molecule has 2 heterocycles. The highest BCUT2D eigenvalue weighted by Gasteiger charge is 2.47. The van der Waals surface area contributed by atoms with Crippen LogP contribution in [-0.4, -0.2) is 46.9 Å². The van der Waals surface area contributed by atoms with E-state index in [1.54, 1.807) is 20.3 Å². The summed E-state index contributed by atoms with van der Waals surface area (Å²) in [5, 5.41) is 10.9.